The van der Waals surface area contributed by atoms with Crippen LogP contribution in [-0.2, 0) is 14.9 Å². The minimum Gasteiger partial charge on any atom is -0.383 e. The fraction of sp³-hybridized carbons (Fsp3) is 0.222. The molecule has 0 saturated carbocycles. The number of carbonyl (C=O) groups excluding carboxylic acids is 1. The van der Waals surface area contributed by atoms with Gasteiger partial charge in [0.1, 0.15) is 11.5 Å². The highest BCUT2D eigenvalue weighted by Gasteiger charge is 2.27. The summed E-state index contributed by atoms with van der Waals surface area (Å²) in [5, 5.41) is 0.509. The zero-order valence-corrected chi connectivity index (χ0v) is 17.4. The van der Waals surface area contributed by atoms with Crippen molar-refractivity contribution < 1.29 is 26.7 Å². The maximum atomic E-state index is 15.0. The molecule has 0 bridgehead atoms. The topological polar surface area (TPSA) is 104 Å². The van der Waals surface area contributed by atoms with E-state index in [0.29, 0.717) is 5.65 Å². The standard InChI is InChI=1S/C18H17ClF2N4O4S/c1-25(5-6-29-2)30(27,28)24-14-4-3-13(20)15(16(14)21)17(26)12-9-23-18-11(12)7-10(19)8-22-18/h3-4,7-9,24H,5-6H2,1-2H3,(H,22,23). The monoisotopic (exact) mass is 458 g/mol. The number of halogens is 3. The van der Waals surface area contributed by atoms with Crippen molar-refractivity contribution in [2.75, 3.05) is 32.0 Å². The van der Waals surface area contributed by atoms with Gasteiger partial charge in [-0.3, -0.25) is 9.52 Å². The van der Waals surface area contributed by atoms with Gasteiger partial charge in [-0.25, -0.2) is 13.8 Å². The number of anilines is 1. The van der Waals surface area contributed by atoms with Gasteiger partial charge >= 0.3 is 10.2 Å². The second kappa shape index (κ2) is 8.64. The molecule has 0 fully saturated rings. The van der Waals surface area contributed by atoms with Crippen molar-refractivity contribution in [3.63, 3.8) is 0 Å². The number of ketones is 1. The average Bonchev–Trinajstić information content (AvgIpc) is 3.11. The molecule has 0 atom stereocenters. The van der Waals surface area contributed by atoms with E-state index in [1.807, 2.05) is 4.72 Å². The number of likely N-dealkylation sites (N-methyl/N-ethyl adjacent to an activating group) is 1. The molecule has 0 aliphatic rings. The Morgan fingerprint density at radius 3 is 2.80 bits per heavy atom. The highest BCUT2D eigenvalue weighted by molar-refractivity contribution is 7.90. The van der Waals surface area contributed by atoms with Crippen molar-refractivity contribution in [1.82, 2.24) is 14.3 Å². The third kappa shape index (κ3) is 4.29. The van der Waals surface area contributed by atoms with Gasteiger partial charge in [0, 0.05) is 44.0 Å². The number of pyridine rings is 1. The number of fused-ring (bicyclic) bond motifs is 1. The van der Waals surface area contributed by atoms with Crippen LogP contribution in [0, 0.1) is 11.6 Å². The van der Waals surface area contributed by atoms with Crippen LogP contribution in [0.15, 0.2) is 30.6 Å². The predicted molar refractivity (Wildman–Crippen MR) is 108 cm³/mol. The Kier molecular flexibility index (Phi) is 6.36. The summed E-state index contributed by atoms with van der Waals surface area (Å²) in [5.41, 5.74) is -1.23. The van der Waals surface area contributed by atoms with Crippen LogP contribution in [0.5, 0.6) is 0 Å². The molecule has 2 N–H and O–H groups in total. The van der Waals surface area contributed by atoms with Crippen LogP contribution in [0.3, 0.4) is 0 Å². The number of benzene rings is 1. The molecule has 0 spiro atoms. The average molecular weight is 459 g/mol. The van der Waals surface area contributed by atoms with Gasteiger partial charge in [0.2, 0.25) is 5.78 Å². The zero-order chi connectivity index (χ0) is 22.1. The first kappa shape index (κ1) is 22.1. The lowest BCUT2D eigenvalue weighted by Gasteiger charge is -2.18. The van der Waals surface area contributed by atoms with Crippen molar-refractivity contribution in [3.8, 4) is 0 Å². The molecule has 1 aromatic carbocycles. The summed E-state index contributed by atoms with van der Waals surface area (Å²) < 4.78 is 61.8. The second-order valence-corrected chi connectivity index (χ2v) is 8.50. The van der Waals surface area contributed by atoms with Gasteiger partial charge in [-0.2, -0.15) is 12.7 Å². The number of hydrogen-bond donors (Lipinski definition) is 2. The maximum Gasteiger partial charge on any atom is 0.301 e. The van der Waals surface area contributed by atoms with Gasteiger partial charge in [0.15, 0.2) is 5.82 Å². The van der Waals surface area contributed by atoms with Crippen LogP contribution in [0.4, 0.5) is 14.5 Å². The summed E-state index contributed by atoms with van der Waals surface area (Å²) in [5.74, 6) is -3.47. The number of carbonyl (C=O) groups is 1. The molecule has 0 amide bonds. The smallest absolute Gasteiger partial charge is 0.301 e. The fourth-order valence-electron chi connectivity index (χ4n) is 2.70. The third-order valence-electron chi connectivity index (χ3n) is 4.32. The number of rotatable bonds is 8. The second-order valence-electron chi connectivity index (χ2n) is 6.29. The number of nitrogens with one attached hydrogen (secondary N) is 2. The Labute approximate surface area is 176 Å². The Bertz CT molecular complexity index is 1220. The van der Waals surface area contributed by atoms with E-state index in [1.54, 1.807) is 0 Å². The quantitative estimate of drug-likeness (QED) is 0.505. The summed E-state index contributed by atoms with van der Waals surface area (Å²) in [6.07, 6.45) is 2.61. The van der Waals surface area contributed by atoms with Crippen LogP contribution in [0.2, 0.25) is 5.02 Å². The molecule has 0 saturated heterocycles. The summed E-state index contributed by atoms with van der Waals surface area (Å²) in [6.45, 7) is 0.119. The van der Waals surface area contributed by atoms with Crippen LogP contribution in [-0.4, -0.2) is 55.8 Å². The summed E-state index contributed by atoms with van der Waals surface area (Å²) in [7, 11) is -1.50. The third-order valence-corrected chi connectivity index (χ3v) is 6.01. The van der Waals surface area contributed by atoms with Crippen LogP contribution < -0.4 is 4.72 Å². The Morgan fingerprint density at radius 1 is 1.37 bits per heavy atom. The van der Waals surface area contributed by atoms with E-state index in [1.165, 1.54) is 32.6 Å². The van der Waals surface area contributed by atoms with Crippen molar-refractivity contribution in [2.24, 2.45) is 0 Å². The number of methoxy groups -OCH3 is 1. The minimum atomic E-state index is -4.16. The molecule has 2 heterocycles. The first-order valence-corrected chi connectivity index (χ1v) is 10.4. The van der Waals surface area contributed by atoms with Gasteiger partial charge in [-0.05, 0) is 18.2 Å². The number of aromatic nitrogens is 2. The van der Waals surface area contributed by atoms with Crippen molar-refractivity contribution >= 4 is 44.3 Å². The Balaban J connectivity index is 2.00. The molecule has 0 aliphatic heterocycles. The minimum absolute atomic E-state index is 0.00351. The molecule has 8 nitrogen and oxygen atoms in total. The number of H-pyrrole nitrogens is 1. The SMILES string of the molecule is COCCN(C)S(=O)(=O)Nc1ccc(F)c(C(=O)c2c[nH]c3ncc(Cl)cc23)c1F. The van der Waals surface area contributed by atoms with Crippen molar-refractivity contribution in [2.45, 2.75) is 0 Å². The number of aromatic amines is 1. The molecule has 0 radical (unpaired) electrons. The van der Waals surface area contributed by atoms with E-state index in [-0.39, 0.29) is 29.1 Å². The molecular weight excluding hydrogens is 442 g/mol. The molecule has 30 heavy (non-hydrogen) atoms. The first-order chi connectivity index (χ1) is 14.2. The van der Waals surface area contributed by atoms with E-state index in [9.17, 15) is 17.6 Å². The molecule has 0 unspecified atom stereocenters. The molecule has 12 heteroatoms. The van der Waals surface area contributed by atoms with E-state index in [4.69, 9.17) is 16.3 Å². The van der Waals surface area contributed by atoms with E-state index >= 15 is 4.39 Å². The fourth-order valence-corrected chi connectivity index (χ4v) is 3.76. The lowest BCUT2D eigenvalue weighted by Crippen LogP contribution is -2.35. The number of hydrogen-bond acceptors (Lipinski definition) is 5. The summed E-state index contributed by atoms with van der Waals surface area (Å²) in [4.78, 5) is 19.6. The van der Waals surface area contributed by atoms with Crippen molar-refractivity contribution in [3.05, 3.63) is 58.4 Å². The van der Waals surface area contributed by atoms with Crippen molar-refractivity contribution in [1.29, 1.82) is 0 Å². The lowest BCUT2D eigenvalue weighted by molar-refractivity contribution is 0.103. The maximum absolute atomic E-state index is 15.0. The van der Waals surface area contributed by atoms with Crippen LogP contribution in [0.25, 0.3) is 11.0 Å². The first-order valence-electron chi connectivity index (χ1n) is 8.54. The molecule has 3 aromatic rings. The number of nitrogens with zero attached hydrogens (tertiary/aromatic N) is 2. The van der Waals surface area contributed by atoms with Gasteiger partial charge < -0.3 is 9.72 Å². The summed E-state index contributed by atoms with van der Waals surface area (Å²) >= 11 is 5.90. The molecule has 3 rings (SSSR count). The predicted octanol–water partition coefficient (Wildman–Crippen LogP) is 2.96. The highest BCUT2D eigenvalue weighted by Crippen LogP contribution is 2.28. The van der Waals surface area contributed by atoms with Gasteiger partial charge in [-0.15, -0.1) is 0 Å². The van der Waals surface area contributed by atoms with Gasteiger partial charge in [0.25, 0.3) is 0 Å². The van der Waals surface area contributed by atoms with Gasteiger partial charge in [-0.1, -0.05) is 11.6 Å². The number of ether oxygens (including phenoxy) is 1. The summed E-state index contributed by atoms with van der Waals surface area (Å²) in [6, 6.07) is 3.14. The molecule has 0 aliphatic carbocycles. The van der Waals surface area contributed by atoms with Crippen LogP contribution >= 0.6 is 11.6 Å². The van der Waals surface area contributed by atoms with Crippen LogP contribution in [0.1, 0.15) is 15.9 Å². The Hall–Kier alpha value is -2.60. The van der Waals surface area contributed by atoms with Gasteiger partial charge in [0.05, 0.1) is 22.9 Å². The Morgan fingerprint density at radius 2 is 2.10 bits per heavy atom. The van der Waals surface area contributed by atoms with E-state index in [0.717, 1.165) is 16.4 Å². The molecule has 160 valence electrons. The zero-order valence-electron chi connectivity index (χ0n) is 15.9. The molecule has 2 aromatic heterocycles. The normalized spacial score (nSPS) is 11.9. The van der Waals surface area contributed by atoms with E-state index < -0.39 is 38.9 Å². The highest BCUT2D eigenvalue weighted by atomic mass is 35.5. The lowest BCUT2D eigenvalue weighted by atomic mass is 10.0. The van der Waals surface area contributed by atoms with E-state index in [2.05, 4.69) is 9.97 Å². The molecular formula is C18H17ClF2N4O4S. The largest absolute Gasteiger partial charge is 0.383 e.